The van der Waals surface area contributed by atoms with E-state index in [9.17, 15) is 22.4 Å². The molecule has 1 amide bonds. The van der Waals surface area contributed by atoms with Crippen LogP contribution in [0.3, 0.4) is 0 Å². The molecule has 35 heavy (non-hydrogen) atoms. The quantitative estimate of drug-likeness (QED) is 0.438. The molecular formula is C24H26F4N4O3. The van der Waals surface area contributed by atoms with Gasteiger partial charge in [-0.3, -0.25) is 4.79 Å². The van der Waals surface area contributed by atoms with Crippen LogP contribution in [0.1, 0.15) is 36.8 Å². The van der Waals surface area contributed by atoms with Crippen molar-refractivity contribution in [2.24, 2.45) is 0 Å². The van der Waals surface area contributed by atoms with Crippen molar-refractivity contribution >= 4 is 22.6 Å². The summed E-state index contributed by atoms with van der Waals surface area (Å²) in [5.41, 5.74) is -0.980. The van der Waals surface area contributed by atoms with E-state index >= 15 is 0 Å². The van der Waals surface area contributed by atoms with Crippen molar-refractivity contribution in [2.45, 2.75) is 33.0 Å². The highest BCUT2D eigenvalue weighted by Gasteiger charge is 2.35. The second kappa shape index (κ2) is 10.3. The van der Waals surface area contributed by atoms with Crippen LogP contribution in [0, 0.1) is 12.7 Å². The summed E-state index contributed by atoms with van der Waals surface area (Å²) in [4.78, 5) is 21.7. The summed E-state index contributed by atoms with van der Waals surface area (Å²) in [6, 6.07) is 5.60. The number of anilines is 1. The zero-order valence-electron chi connectivity index (χ0n) is 20.0. The third-order valence-corrected chi connectivity index (χ3v) is 5.47. The Bertz CT molecular complexity index is 1230. The van der Waals surface area contributed by atoms with Gasteiger partial charge in [0, 0.05) is 31.0 Å². The minimum atomic E-state index is -4.81. The van der Waals surface area contributed by atoms with Crippen LogP contribution in [0.2, 0.25) is 0 Å². The monoisotopic (exact) mass is 494 g/mol. The molecule has 0 bridgehead atoms. The van der Waals surface area contributed by atoms with Gasteiger partial charge in [-0.1, -0.05) is 12.1 Å². The maximum absolute atomic E-state index is 14.7. The normalized spacial score (nSPS) is 12.4. The third-order valence-electron chi connectivity index (χ3n) is 5.47. The Kier molecular flexibility index (Phi) is 7.67. The lowest BCUT2D eigenvalue weighted by Gasteiger charge is -2.20. The van der Waals surface area contributed by atoms with Gasteiger partial charge in [-0.15, -0.1) is 0 Å². The molecule has 11 heteroatoms. The molecule has 0 unspecified atom stereocenters. The second-order valence-electron chi connectivity index (χ2n) is 8.00. The number of halogens is 4. The van der Waals surface area contributed by atoms with Crippen molar-refractivity contribution in [3.63, 3.8) is 0 Å². The number of likely N-dealkylation sites (N-methyl/N-ethyl adjacent to an activating group) is 1. The molecule has 0 saturated heterocycles. The molecule has 188 valence electrons. The number of alkyl halides is 3. The molecule has 1 aromatic heterocycles. The summed E-state index contributed by atoms with van der Waals surface area (Å²) in [5, 5.41) is 3.51. The number of rotatable bonds is 8. The molecule has 7 nitrogen and oxygen atoms in total. The summed E-state index contributed by atoms with van der Waals surface area (Å²) in [5.74, 6) is 0.0238. The highest BCUT2D eigenvalue weighted by Crippen LogP contribution is 2.37. The molecule has 0 aliphatic heterocycles. The standard InChI is InChI=1S/C24H26F4N4O3/c1-13(16-7-6-8-18(22(16)25)24(26,27)28)29-23-17-11-21(35-10-9-32(4)15(3)33)20(34-5)12-19(17)30-14(2)31-23/h6-8,11-13H,9-10H2,1-5H3,(H,29,30,31)/t13-/m1/s1. The fourth-order valence-electron chi connectivity index (χ4n) is 3.47. The number of methoxy groups -OCH3 is 1. The maximum atomic E-state index is 14.7. The fourth-order valence-corrected chi connectivity index (χ4v) is 3.47. The molecule has 1 N–H and O–H groups in total. The first-order chi connectivity index (χ1) is 16.4. The van der Waals surface area contributed by atoms with E-state index in [2.05, 4.69) is 15.3 Å². The molecular weight excluding hydrogens is 468 g/mol. The van der Waals surface area contributed by atoms with Crippen LogP contribution in [0.15, 0.2) is 30.3 Å². The number of fused-ring (bicyclic) bond motifs is 1. The molecule has 2 aromatic carbocycles. The summed E-state index contributed by atoms with van der Waals surface area (Å²) in [7, 11) is 3.12. The van der Waals surface area contributed by atoms with Crippen LogP contribution >= 0.6 is 0 Å². The van der Waals surface area contributed by atoms with E-state index in [-0.39, 0.29) is 18.1 Å². The predicted octanol–water partition coefficient (Wildman–Crippen LogP) is 5.13. The number of aromatic nitrogens is 2. The molecule has 1 atom stereocenters. The van der Waals surface area contributed by atoms with E-state index < -0.39 is 23.6 Å². The Morgan fingerprint density at radius 1 is 1.20 bits per heavy atom. The number of nitrogens with one attached hydrogen (secondary N) is 1. The van der Waals surface area contributed by atoms with Gasteiger partial charge in [-0.2, -0.15) is 13.2 Å². The minimum Gasteiger partial charge on any atom is -0.493 e. The SMILES string of the molecule is COc1cc2nc(C)nc(N[C@H](C)c3cccc(C(F)(F)F)c3F)c2cc1OCCN(C)C(C)=O. The number of hydrogen-bond donors (Lipinski definition) is 1. The first-order valence-electron chi connectivity index (χ1n) is 10.8. The number of carbonyl (C=O) groups excluding carboxylic acids is 1. The summed E-state index contributed by atoms with van der Waals surface area (Å²) in [6.45, 7) is 5.19. The summed E-state index contributed by atoms with van der Waals surface area (Å²) in [6.07, 6.45) is -4.81. The highest BCUT2D eigenvalue weighted by atomic mass is 19.4. The largest absolute Gasteiger partial charge is 0.493 e. The molecule has 0 aliphatic rings. The Hall–Kier alpha value is -3.63. The summed E-state index contributed by atoms with van der Waals surface area (Å²) < 4.78 is 65.4. The first-order valence-corrected chi connectivity index (χ1v) is 10.8. The minimum absolute atomic E-state index is 0.106. The van der Waals surface area contributed by atoms with Gasteiger partial charge >= 0.3 is 6.18 Å². The Balaban J connectivity index is 1.97. The van der Waals surface area contributed by atoms with Gasteiger partial charge < -0.3 is 19.7 Å². The topological polar surface area (TPSA) is 76.6 Å². The Labute approximate surface area is 200 Å². The average molecular weight is 494 g/mol. The number of benzene rings is 2. The molecule has 0 radical (unpaired) electrons. The van der Waals surface area contributed by atoms with E-state index in [0.717, 1.165) is 6.07 Å². The van der Waals surface area contributed by atoms with Crippen LogP contribution in [0.4, 0.5) is 23.4 Å². The van der Waals surface area contributed by atoms with Gasteiger partial charge in [0.1, 0.15) is 24.1 Å². The van der Waals surface area contributed by atoms with Crippen molar-refractivity contribution in [1.29, 1.82) is 0 Å². The number of aryl methyl sites for hydroxylation is 1. The van der Waals surface area contributed by atoms with Crippen molar-refractivity contribution in [1.82, 2.24) is 14.9 Å². The van der Waals surface area contributed by atoms with Crippen molar-refractivity contribution in [2.75, 3.05) is 32.6 Å². The average Bonchev–Trinajstić information content (AvgIpc) is 2.77. The molecule has 3 aromatic rings. The third kappa shape index (κ3) is 5.90. The van der Waals surface area contributed by atoms with E-state index in [1.165, 1.54) is 25.0 Å². The van der Waals surface area contributed by atoms with Gasteiger partial charge in [0.2, 0.25) is 5.91 Å². The van der Waals surface area contributed by atoms with E-state index in [4.69, 9.17) is 9.47 Å². The Morgan fingerprint density at radius 2 is 1.91 bits per heavy atom. The highest BCUT2D eigenvalue weighted by molar-refractivity contribution is 5.92. The lowest BCUT2D eigenvalue weighted by atomic mass is 10.0. The molecule has 0 aliphatic carbocycles. The number of carbonyl (C=O) groups is 1. The fraction of sp³-hybridized carbons (Fsp3) is 0.375. The predicted molar refractivity (Wildman–Crippen MR) is 123 cm³/mol. The smallest absolute Gasteiger partial charge is 0.419 e. The zero-order chi connectivity index (χ0) is 25.9. The number of amides is 1. The van der Waals surface area contributed by atoms with Crippen LogP contribution in [-0.4, -0.2) is 48.1 Å². The van der Waals surface area contributed by atoms with Crippen LogP contribution in [0.25, 0.3) is 10.9 Å². The van der Waals surface area contributed by atoms with Crippen molar-refractivity contribution < 1.29 is 31.8 Å². The number of ether oxygens (including phenoxy) is 2. The van der Waals surface area contributed by atoms with Gasteiger partial charge in [-0.05, 0) is 26.0 Å². The summed E-state index contributed by atoms with van der Waals surface area (Å²) >= 11 is 0. The Morgan fingerprint density at radius 3 is 2.54 bits per heavy atom. The molecule has 0 fully saturated rings. The van der Waals surface area contributed by atoms with E-state index in [1.54, 1.807) is 33.0 Å². The molecule has 3 rings (SSSR count). The lowest BCUT2D eigenvalue weighted by Crippen LogP contribution is -2.28. The number of nitrogens with zero attached hydrogens (tertiary/aromatic N) is 3. The van der Waals surface area contributed by atoms with Gasteiger partial charge in [-0.25, -0.2) is 14.4 Å². The van der Waals surface area contributed by atoms with Gasteiger partial charge in [0.25, 0.3) is 0 Å². The zero-order valence-corrected chi connectivity index (χ0v) is 20.0. The van der Waals surface area contributed by atoms with E-state index in [0.29, 0.717) is 46.7 Å². The van der Waals surface area contributed by atoms with Crippen molar-refractivity contribution in [3.8, 4) is 11.5 Å². The van der Waals surface area contributed by atoms with Crippen LogP contribution in [-0.2, 0) is 11.0 Å². The van der Waals surface area contributed by atoms with Crippen LogP contribution < -0.4 is 14.8 Å². The van der Waals surface area contributed by atoms with E-state index in [1.807, 2.05) is 0 Å². The molecule has 0 spiro atoms. The second-order valence-corrected chi connectivity index (χ2v) is 8.00. The van der Waals surface area contributed by atoms with Crippen molar-refractivity contribution in [3.05, 3.63) is 53.1 Å². The maximum Gasteiger partial charge on any atom is 0.419 e. The van der Waals surface area contributed by atoms with Gasteiger partial charge in [0.05, 0.1) is 30.8 Å². The first kappa shape index (κ1) is 26.0. The number of hydrogen-bond acceptors (Lipinski definition) is 6. The lowest BCUT2D eigenvalue weighted by molar-refractivity contribution is -0.140. The van der Waals surface area contributed by atoms with Gasteiger partial charge in [0.15, 0.2) is 11.5 Å². The molecule has 0 saturated carbocycles. The molecule has 1 heterocycles. The van der Waals surface area contributed by atoms with Crippen LogP contribution in [0.5, 0.6) is 11.5 Å².